The van der Waals surface area contributed by atoms with E-state index in [0.29, 0.717) is 11.0 Å². The summed E-state index contributed by atoms with van der Waals surface area (Å²) >= 11 is 0. The second-order valence-electron chi connectivity index (χ2n) is 11.2. The highest BCUT2D eigenvalue weighted by Crippen LogP contribution is 2.38. The molecule has 216 valence electrons. The highest BCUT2D eigenvalue weighted by molar-refractivity contribution is 6.21. The van der Waals surface area contributed by atoms with E-state index in [1.54, 1.807) is 12.4 Å². The minimum atomic E-state index is -0.353. The standard InChI is InChI=1S/C40H24N4O2/c45-40-38-30(29-13-2-4-17-37(29)46-40)18-19-31-28-12-1-3-16-36(28)44(39(31)38)27-11-9-10-25(22-27)26-23-34(32-14-5-7-20-41-32)43-35(24-26)33-15-6-8-21-42-33/h1-24H. The second-order valence-corrected chi connectivity index (χ2v) is 11.2. The lowest BCUT2D eigenvalue weighted by Crippen LogP contribution is -2.03. The van der Waals surface area contributed by atoms with Gasteiger partial charge in [0.1, 0.15) is 5.58 Å². The van der Waals surface area contributed by atoms with Gasteiger partial charge in [-0.05, 0) is 71.8 Å². The van der Waals surface area contributed by atoms with Crippen molar-refractivity contribution in [3.05, 3.63) is 156 Å². The van der Waals surface area contributed by atoms with Crippen molar-refractivity contribution in [3.63, 3.8) is 0 Å². The first kappa shape index (κ1) is 26.0. The van der Waals surface area contributed by atoms with Gasteiger partial charge in [0.25, 0.3) is 0 Å². The Morgan fingerprint density at radius 2 is 1.20 bits per heavy atom. The van der Waals surface area contributed by atoms with Crippen molar-refractivity contribution in [2.24, 2.45) is 0 Å². The number of para-hydroxylation sites is 2. The summed E-state index contributed by atoms with van der Waals surface area (Å²) < 4.78 is 8.07. The number of benzene rings is 4. The van der Waals surface area contributed by atoms with E-state index >= 15 is 0 Å². The lowest BCUT2D eigenvalue weighted by Gasteiger charge is -2.13. The molecule has 0 fully saturated rings. The number of rotatable bonds is 4. The summed E-state index contributed by atoms with van der Waals surface area (Å²) in [6.45, 7) is 0. The van der Waals surface area contributed by atoms with Gasteiger partial charge in [-0.25, -0.2) is 9.78 Å². The number of hydrogen-bond donors (Lipinski definition) is 0. The Kier molecular flexibility index (Phi) is 5.86. The fraction of sp³-hybridized carbons (Fsp3) is 0. The van der Waals surface area contributed by atoms with E-state index in [0.717, 1.165) is 72.2 Å². The molecule has 6 nitrogen and oxygen atoms in total. The van der Waals surface area contributed by atoms with Crippen LogP contribution < -0.4 is 5.63 Å². The van der Waals surface area contributed by atoms with Crippen LogP contribution in [0.3, 0.4) is 0 Å². The summed E-state index contributed by atoms with van der Waals surface area (Å²) in [5.41, 5.74) is 8.06. The van der Waals surface area contributed by atoms with Gasteiger partial charge >= 0.3 is 5.63 Å². The van der Waals surface area contributed by atoms with Gasteiger partial charge in [-0.15, -0.1) is 0 Å². The maximum absolute atomic E-state index is 13.7. The van der Waals surface area contributed by atoms with Gasteiger partial charge in [-0.2, -0.15) is 0 Å². The zero-order chi connectivity index (χ0) is 30.6. The first-order valence-corrected chi connectivity index (χ1v) is 15.1. The van der Waals surface area contributed by atoms with Crippen LogP contribution in [0.15, 0.2) is 155 Å². The van der Waals surface area contributed by atoms with Gasteiger partial charge in [0.15, 0.2) is 0 Å². The van der Waals surface area contributed by atoms with Crippen LogP contribution in [0.1, 0.15) is 0 Å². The lowest BCUT2D eigenvalue weighted by atomic mass is 10.0. The van der Waals surface area contributed by atoms with Crippen LogP contribution >= 0.6 is 0 Å². The van der Waals surface area contributed by atoms with E-state index in [-0.39, 0.29) is 5.63 Å². The fourth-order valence-electron chi connectivity index (χ4n) is 6.50. The van der Waals surface area contributed by atoms with Gasteiger partial charge in [0.2, 0.25) is 0 Å². The van der Waals surface area contributed by atoms with Crippen LogP contribution in [0, 0.1) is 0 Å². The SMILES string of the molecule is O=c1oc2ccccc2c2ccc3c4ccccc4n(-c4cccc(-c5cc(-c6ccccn6)nc(-c6ccccn6)c5)c4)c3c12. The number of hydrogen-bond acceptors (Lipinski definition) is 5. The smallest absolute Gasteiger partial charge is 0.346 e. The minimum absolute atomic E-state index is 0.353. The minimum Gasteiger partial charge on any atom is -0.422 e. The van der Waals surface area contributed by atoms with E-state index in [2.05, 4.69) is 69.1 Å². The molecule has 0 aliphatic rings. The number of fused-ring (bicyclic) bond motifs is 7. The predicted octanol–water partition coefficient (Wildman–Crippen LogP) is 9.23. The quantitative estimate of drug-likeness (QED) is 0.150. The Morgan fingerprint density at radius 1 is 0.522 bits per heavy atom. The summed E-state index contributed by atoms with van der Waals surface area (Å²) in [5, 5.41) is 4.40. The van der Waals surface area contributed by atoms with Crippen molar-refractivity contribution in [2.75, 3.05) is 0 Å². The third-order valence-corrected chi connectivity index (χ3v) is 8.54. The van der Waals surface area contributed by atoms with Crippen molar-refractivity contribution in [3.8, 4) is 39.6 Å². The maximum Gasteiger partial charge on any atom is 0.346 e. The number of pyridine rings is 3. The van der Waals surface area contributed by atoms with E-state index in [1.165, 1.54) is 0 Å². The molecule has 0 unspecified atom stereocenters. The van der Waals surface area contributed by atoms with Gasteiger partial charge in [-0.1, -0.05) is 72.8 Å². The first-order chi connectivity index (χ1) is 22.7. The fourth-order valence-corrected chi connectivity index (χ4v) is 6.50. The topological polar surface area (TPSA) is 73.8 Å². The summed E-state index contributed by atoms with van der Waals surface area (Å²) in [5.74, 6) is 0. The molecule has 0 amide bonds. The highest BCUT2D eigenvalue weighted by atomic mass is 16.4. The third-order valence-electron chi connectivity index (χ3n) is 8.54. The zero-order valence-electron chi connectivity index (χ0n) is 24.5. The molecular formula is C40H24N4O2. The normalized spacial score (nSPS) is 11.6. The molecule has 5 aromatic heterocycles. The third kappa shape index (κ3) is 4.12. The van der Waals surface area contributed by atoms with E-state index in [9.17, 15) is 4.79 Å². The Balaban J connectivity index is 1.32. The molecule has 0 N–H and O–H groups in total. The second kappa shape index (κ2) is 10.4. The first-order valence-electron chi connectivity index (χ1n) is 15.1. The van der Waals surface area contributed by atoms with Crippen LogP contribution in [0.4, 0.5) is 0 Å². The van der Waals surface area contributed by atoms with Crippen LogP contribution in [0.2, 0.25) is 0 Å². The Hall–Kier alpha value is -6.40. The van der Waals surface area contributed by atoms with Crippen molar-refractivity contribution >= 4 is 43.5 Å². The average molecular weight is 593 g/mol. The number of aromatic nitrogens is 4. The van der Waals surface area contributed by atoms with E-state index in [1.807, 2.05) is 78.9 Å². The summed E-state index contributed by atoms with van der Waals surface area (Å²) in [7, 11) is 0. The van der Waals surface area contributed by atoms with Gasteiger partial charge in [0, 0.05) is 39.6 Å². The Bertz CT molecular complexity index is 2600. The van der Waals surface area contributed by atoms with Crippen molar-refractivity contribution in [1.82, 2.24) is 19.5 Å². The molecule has 0 saturated heterocycles. The molecule has 0 aliphatic heterocycles. The molecule has 6 heteroatoms. The summed E-state index contributed by atoms with van der Waals surface area (Å²) in [6, 6.07) is 44.3. The molecule has 0 saturated carbocycles. The van der Waals surface area contributed by atoms with Crippen LogP contribution in [0.5, 0.6) is 0 Å². The lowest BCUT2D eigenvalue weighted by molar-refractivity contribution is 0.570. The zero-order valence-corrected chi connectivity index (χ0v) is 24.5. The summed E-state index contributed by atoms with van der Waals surface area (Å²) in [4.78, 5) is 27.8. The van der Waals surface area contributed by atoms with Crippen LogP contribution in [0.25, 0.3) is 83.1 Å². The summed E-state index contributed by atoms with van der Waals surface area (Å²) in [6.07, 6.45) is 3.55. The monoisotopic (exact) mass is 592 g/mol. The van der Waals surface area contributed by atoms with Gasteiger partial charge < -0.3 is 8.98 Å². The molecule has 0 radical (unpaired) electrons. The van der Waals surface area contributed by atoms with Crippen molar-refractivity contribution in [2.45, 2.75) is 0 Å². The molecule has 9 rings (SSSR count). The molecule has 4 aromatic carbocycles. The molecule has 0 aliphatic carbocycles. The van der Waals surface area contributed by atoms with Gasteiger partial charge in [0.05, 0.1) is 39.2 Å². The maximum atomic E-state index is 13.7. The highest BCUT2D eigenvalue weighted by Gasteiger charge is 2.19. The van der Waals surface area contributed by atoms with Crippen molar-refractivity contribution < 1.29 is 4.42 Å². The van der Waals surface area contributed by atoms with Crippen LogP contribution in [-0.2, 0) is 0 Å². The molecular weight excluding hydrogens is 568 g/mol. The molecule has 0 spiro atoms. The Morgan fingerprint density at radius 3 is 1.93 bits per heavy atom. The molecule has 0 bridgehead atoms. The van der Waals surface area contributed by atoms with Crippen molar-refractivity contribution in [1.29, 1.82) is 0 Å². The van der Waals surface area contributed by atoms with Gasteiger partial charge in [-0.3, -0.25) is 9.97 Å². The largest absolute Gasteiger partial charge is 0.422 e. The molecule has 9 aromatic rings. The van der Waals surface area contributed by atoms with E-state index in [4.69, 9.17) is 9.40 Å². The molecule has 0 atom stereocenters. The number of nitrogens with zero attached hydrogens (tertiary/aromatic N) is 4. The predicted molar refractivity (Wildman–Crippen MR) is 184 cm³/mol. The molecule has 5 heterocycles. The molecule has 46 heavy (non-hydrogen) atoms. The van der Waals surface area contributed by atoms with E-state index < -0.39 is 0 Å². The average Bonchev–Trinajstić information content (AvgIpc) is 3.47. The van der Waals surface area contributed by atoms with Crippen LogP contribution in [-0.4, -0.2) is 19.5 Å². The Labute approximate surface area is 262 Å².